The minimum absolute atomic E-state index is 0.178. The molecule has 0 aliphatic heterocycles. The van der Waals surface area contributed by atoms with Gasteiger partial charge >= 0.3 is 0 Å². The molecule has 1 aromatic heterocycles. The van der Waals surface area contributed by atoms with Crippen LogP contribution in [0.25, 0.3) is 0 Å². The molecule has 5 heteroatoms. The molecule has 1 aliphatic rings. The fourth-order valence-electron chi connectivity index (χ4n) is 1.94. The van der Waals surface area contributed by atoms with E-state index in [9.17, 15) is 4.79 Å². The first-order chi connectivity index (χ1) is 9.04. The molecule has 0 amide bonds. The van der Waals surface area contributed by atoms with Crippen molar-refractivity contribution >= 4 is 27.8 Å². The lowest BCUT2D eigenvalue weighted by molar-refractivity contribution is 0.0972. The van der Waals surface area contributed by atoms with Crippen molar-refractivity contribution in [2.24, 2.45) is 11.8 Å². The van der Waals surface area contributed by atoms with Crippen LogP contribution in [0.5, 0.6) is 5.75 Å². The molecule has 1 saturated carbocycles. The number of hydrogen-bond donors (Lipinski definition) is 2. The van der Waals surface area contributed by atoms with Crippen LogP contribution in [0.2, 0.25) is 0 Å². The van der Waals surface area contributed by atoms with Gasteiger partial charge in [0.1, 0.15) is 5.00 Å². The summed E-state index contributed by atoms with van der Waals surface area (Å²) in [5, 5.41) is 4.21. The minimum atomic E-state index is 0.178. The summed E-state index contributed by atoms with van der Waals surface area (Å²) in [5.41, 5.74) is 6.53. The second-order valence-electron chi connectivity index (χ2n) is 5.46. The molecule has 0 atom stereocenters. The number of nitrogen functional groups attached to an aromatic ring is 1. The van der Waals surface area contributed by atoms with Gasteiger partial charge in [0, 0.05) is 12.5 Å². The van der Waals surface area contributed by atoms with E-state index in [0.717, 1.165) is 30.8 Å². The number of methoxy groups -OCH3 is 1. The highest BCUT2D eigenvalue weighted by molar-refractivity contribution is 7.19. The van der Waals surface area contributed by atoms with E-state index in [1.54, 1.807) is 7.11 Å². The zero-order valence-corrected chi connectivity index (χ0v) is 12.6. The highest BCUT2D eigenvalue weighted by Gasteiger charge is 2.34. The van der Waals surface area contributed by atoms with E-state index < -0.39 is 0 Å². The molecule has 3 N–H and O–H groups in total. The molecule has 0 aromatic carbocycles. The van der Waals surface area contributed by atoms with Crippen LogP contribution in [0.1, 0.15) is 42.8 Å². The van der Waals surface area contributed by atoms with Crippen molar-refractivity contribution in [2.45, 2.75) is 33.1 Å². The van der Waals surface area contributed by atoms with E-state index in [2.05, 4.69) is 19.2 Å². The minimum Gasteiger partial charge on any atom is -0.492 e. The first-order valence-corrected chi connectivity index (χ1v) is 7.60. The first-order valence-electron chi connectivity index (χ1n) is 6.79. The molecule has 0 radical (unpaired) electrons. The molecular weight excluding hydrogens is 260 g/mol. The Morgan fingerprint density at radius 3 is 2.74 bits per heavy atom. The topological polar surface area (TPSA) is 64.3 Å². The zero-order chi connectivity index (χ0) is 14.0. The lowest BCUT2D eigenvalue weighted by atomic mass is 10.1. The van der Waals surface area contributed by atoms with Gasteiger partial charge in [0.15, 0.2) is 11.5 Å². The number of hydrogen-bond acceptors (Lipinski definition) is 5. The molecular formula is C14H22N2O2S. The van der Waals surface area contributed by atoms with E-state index in [1.807, 2.05) is 0 Å². The fourth-order valence-corrected chi connectivity index (χ4v) is 3.07. The molecule has 0 unspecified atom stereocenters. The van der Waals surface area contributed by atoms with Crippen molar-refractivity contribution in [3.05, 3.63) is 4.88 Å². The van der Waals surface area contributed by atoms with Crippen LogP contribution in [0, 0.1) is 11.8 Å². The third-order valence-corrected chi connectivity index (χ3v) is 4.44. The van der Waals surface area contributed by atoms with Gasteiger partial charge in [-0.3, -0.25) is 4.79 Å². The van der Waals surface area contributed by atoms with Crippen molar-refractivity contribution in [1.82, 2.24) is 0 Å². The van der Waals surface area contributed by atoms with Gasteiger partial charge in [0.25, 0.3) is 0 Å². The van der Waals surface area contributed by atoms with Gasteiger partial charge in [-0.1, -0.05) is 13.8 Å². The summed E-state index contributed by atoms with van der Waals surface area (Å²) >= 11 is 1.43. The third kappa shape index (κ3) is 3.21. The van der Waals surface area contributed by atoms with Crippen LogP contribution >= 0.6 is 11.3 Å². The Morgan fingerprint density at radius 1 is 1.53 bits per heavy atom. The largest absolute Gasteiger partial charge is 0.492 e. The average Bonchev–Trinajstić information content (AvgIpc) is 3.14. The van der Waals surface area contributed by atoms with Crippen LogP contribution in [-0.2, 0) is 0 Å². The number of carbonyl (C=O) groups is 1. The number of carbonyl (C=O) groups excluding carboxylic acids is 1. The van der Waals surface area contributed by atoms with Crippen molar-refractivity contribution in [3.63, 3.8) is 0 Å². The first kappa shape index (κ1) is 14.2. The van der Waals surface area contributed by atoms with Crippen LogP contribution < -0.4 is 15.8 Å². The average molecular weight is 282 g/mol. The van der Waals surface area contributed by atoms with Gasteiger partial charge in [-0.15, -0.1) is 11.3 Å². The maximum atomic E-state index is 12.1. The predicted octanol–water partition coefficient (Wildman–Crippen LogP) is 3.39. The summed E-state index contributed by atoms with van der Waals surface area (Å²) < 4.78 is 5.34. The van der Waals surface area contributed by atoms with Gasteiger partial charge in [-0.2, -0.15) is 0 Å². The number of thiophene rings is 1. The molecule has 1 fully saturated rings. The summed E-state index contributed by atoms with van der Waals surface area (Å²) in [6, 6.07) is 0. The Morgan fingerprint density at radius 2 is 2.21 bits per heavy atom. The molecule has 4 nitrogen and oxygen atoms in total. The van der Waals surface area contributed by atoms with E-state index in [1.165, 1.54) is 11.3 Å². The van der Waals surface area contributed by atoms with E-state index in [4.69, 9.17) is 10.5 Å². The molecule has 1 aliphatic carbocycles. The van der Waals surface area contributed by atoms with Crippen molar-refractivity contribution in [3.8, 4) is 5.75 Å². The number of nitrogens with one attached hydrogen (secondary N) is 1. The van der Waals surface area contributed by atoms with Gasteiger partial charge < -0.3 is 15.8 Å². The van der Waals surface area contributed by atoms with Gasteiger partial charge in [0.05, 0.1) is 17.7 Å². The molecule has 106 valence electrons. The number of rotatable bonds is 7. The van der Waals surface area contributed by atoms with Crippen LogP contribution in [0.15, 0.2) is 0 Å². The van der Waals surface area contributed by atoms with E-state index >= 15 is 0 Å². The lowest BCUT2D eigenvalue weighted by Crippen LogP contribution is -2.04. The molecule has 1 aromatic rings. The summed E-state index contributed by atoms with van der Waals surface area (Å²) in [7, 11) is 1.59. The number of ether oxygens (including phenoxy) is 1. The van der Waals surface area contributed by atoms with Gasteiger partial charge in [-0.25, -0.2) is 0 Å². The Labute approximate surface area is 118 Å². The van der Waals surface area contributed by atoms with Crippen LogP contribution in [0.3, 0.4) is 0 Å². The summed E-state index contributed by atoms with van der Waals surface area (Å²) in [4.78, 5) is 12.8. The van der Waals surface area contributed by atoms with E-state index in [0.29, 0.717) is 22.2 Å². The second kappa shape index (κ2) is 5.82. The molecule has 0 bridgehead atoms. The normalized spacial score (nSPS) is 14.7. The van der Waals surface area contributed by atoms with Crippen molar-refractivity contribution in [1.29, 1.82) is 0 Å². The maximum absolute atomic E-state index is 12.1. The smallest absolute Gasteiger partial charge is 0.178 e. The summed E-state index contributed by atoms with van der Waals surface area (Å²) in [5.74, 6) is 1.63. The Kier molecular flexibility index (Phi) is 4.34. The Balaban J connectivity index is 2.13. The molecule has 2 rings (SSSR count). The molecule has 0 spiro atoms. The Bertz CT molecular complexity index is 464. The summed E-state index contributed by atoms with van der Waals surface area (Å²) in [6.45, 7) is 5.23. The van der Waals surface area contributed by atoms with Gasteiger partial charge in [0.2, 0.25) is 0 Å². The third-order valence-electron chi connectivity index (χ3n) is 3.28. The molecule has 1 heterocycles. The van der Waals surface area contributed by atoms with E-state index in [-0.39, 0.29) is 11.7 Å². The highest BCUT2D eigenvalue weighted by atomic mass is 32.1. The second-order valence-corrected chi connectivity index (χ2v) is 6.48. The fraction of sp³-hybridized carbons (Fsp3) is 0.643. The quantitative estimate of drug-likeness (QED) is 0.752. The summed E-state index contributed by atoms with van der Waals surface area (Å²) in [6.07, 6.45) is 3.07. The van der Waals surface area contributed by atoms with Crippen molar-refractivity contribution in [2.75, 3.05) is 24.7 Å². The number of ketones is 1. The number of nitrogens with two attached hydrogens (primary N) is 1. The maximum Gasteiger partial charge on any atom is 0.178 e. The van der Waals surface area contributed by atoms with Crippen LogP contribution in [0.4, 0.5) is 10.7 Å². The molecule has 0 saturated heterocycles. The predicted molar refractivity (Wildman–Crippen MR) is 80.3 cm³/mol. The lowest BCUT2D eigenvalue weighted by Gasteiger charge is -2.08. The number of anilines is 2. The number of Topliss-reactive ketones (excluding diaryl/α,β-unsaturated/α-hetero) is 1. The van der Waals surface area contributed by atoms with Gasteiger partial charge in [-0.05, 0) is 25.2 Å². The monoisotopic (exact) mass is 282 g/mol. The highest BCUT2D eigenvalue weighted by Crippen LogP contribution is 2.46. The zero-order valence-electron chi connectivity index (χ0n) is 11.8. The molecule has 19 heavy (non-hydrogen) atoms. The van der Waals surface area contributed by atoms with Crippen molar-refractivity contribution < 1.29 is 9.53 Å². The SMILES string of the molecule is COc1c(NCCC(C)C)sc(C(=O)C2CC2)c1N. The Hall–Kier alpha value is -1.23. The van der Waals surface area contributed by atoms with Crippen LogP contribution in [-0.4, -0.2) is 19.4 Å². The standard InChI is InChI=1S/C14H22N2O2S/c1-8(2)6-7-16-14-12(18-3)10(15)13(19-14)11(17)9-4-5-9/h8-9,16H,4-7,15H2,1-3H3.